The Labute approximate surface area is 132 Å². The van der Waals surface area contributed by atoms with Gasteiger partial charge in [0.15, 0.2) is 0 Å². The smallest absolute Gasteiger partial charge is 0.311 e. The summed E-state index contributed by atoms with van der Waals surface area (Å²) in [5, 5.41) is 9.96. The summed E-state index contributed by atoms with van der Waals surface area (Å²) in [5.74, 6) is -0.270. The van der Waals surface area contributed by atoms with E-state index in [-0.39, 0.29) is 5.56 Å². The third kappa shape index (κ3) is 2.26. The van der Waals surface area contributed by atoms with Crippen molar-refractivity contribution in [2.24, 2.45) is 5.92 Å². The number of aliphatic carboxylic acids is 1. The van der Waals surface area contributed by atoms with Crippen LogP contribution in [0.3, 0.4) is 0 Å². The summed E-state index contributed by atoms with van der Waals surface area (Å²) in [5.41, 5.74) is 0.659. The summed E-state index contributed by atoms with van der Waals surface area (Å²) >= 11 is 1.49. The Hall–Kier alpha value is -1.69. The van der Waals surface area contributed by atoms with Gasteiger partial charge >= 0.3 is 5.97 Å². The van der Waals surface area contributed by atoms with E-state index in [4.69, 9.17) is 0 Å². The molecule has 6 heteroatoms. The molecule has 1 aliphatic carbocycles. The fraction of sp³-hybridized carbons (Fsp3) is 0.562. The third-order valence-corrected chi connectivity index (χ3v) is 5.33. The highest BCUT2D eigenvalue weighted by Gasteiger charge is 2.34. The topological polar surface area (TPSA) is 72.2 Å². The van der Waals surface area contributed by atoms with Gasteiger partial charge < -0.3 is 5.11 Å². The van der Waals surface area contributed by atoms with Gasteiger partial charge in [-0.05, 0) is 24.3 Å². The van der Waals surface area contributed by atoms with Gasteiger partial charge in [-0.25, -0.2) is 4.98 Å². The lowest BCUT2D eigenvalue weighted by atomic mass is 10.0. The maximum Gasteiger partial charge on any atom is 0.311 e. The van der Waals surface area contributed by atoms with Crippen molar-refractivity contribution in [2.45, 2.75) is 52.5 Å². The average Bonchev–Trinajstić information content (AvgIpc) is 2.99. The van der Waals surface area contributed by atoms with E-state index in [0.717, 1.165) is 22.7 Å². The fourth-order valence-corrected chi connectivity index (χ4v) is 4.49. The van der Waals surface area contributed by atoms with Crippen molar-refractivity contribution in [1.82, 2.24) is 9.55 Å². The van der Waals surface area contributed by atoms with Crippen molar-refractivity contribution >= 4 is 27.5 Å². The van der Waals surface area contributed by atoms with Gasteiger partial charge in [0.2, 0.25) is 0 Å². The molecule has 118 valence electrons. The fourth-order valence-electron chi connectivity index (χ4n) is 3.24. The number of hydrogen-bond donors (Lipinski definition) is 1. The maximum absolute atomic E-state index is 13.0. The van der Waals surface area contributed by atoms with Crippen LogP contribution in [0.15, 0.2) is 4.79 Å². The van der Waals surface area contributed by atoms with E-state index in [9.17, 15) is 14.7 Å². The summed E-state index contributed by atoms with van der Waals surface area (Å²) in [7, 11) is 0. The number of rotatable bonds is 4. The molecule has 0 amide bonds. The number of aromatic nitrogens is 2. The first kappa shape index (κ1) is 15.2. The van der Waals surface area contributed by atoms with E-state index in [1.165, 1.54) is 11.3 Å². The van der Waals surface area contributed by atoms with Crippen LogP contribution in [0.5, 0.6) is 0 Å². The molecule has 2 heterocycles. The van der Waals surface area contributed by atoms with Crippen molar-refractivity contribution in [3.63, 3.8) is 0 Å². The molecular weight excluding hydrogens is 300 g/mol. The predicted octanol–water partition coefficient (Wildman–Crippen LogP) is 2.79. The van der Waals surface area contributed by atoms with E-state index >= 15 is 0 Å². The Kier molecular flexibility index (Phi) is 3.80. The Balaban J connectivity index is 2.30. The van der Waals surface area contributed by atoms with Crippen LogP contribution in [0.2, 0.25) is 0 Å². The minimum atomic E-state index is -0.840. The molecule has 1 aliphatic rings. The highest BCUT2D eigenvalue weighted by Crippen LogP contribution is 2.42. The highest BCUT2D eigenvalue weighted by molar-refractivity contribution is 7.18. The molecule has 3 rings (SSSR count). The van der Waals surface area contributed by atoms with Gasteiger partial charge in [0.05, 0.1) is 11.3 Å². The minimum Gasteiger partial charge on any atom is -0.481 e. The predicted molar refractivity (Wildman–Crippen MR) is 86.8 cm³/mol. The van der Waals surface area contributed by atoms with Gasteiger partial charge in [-0.1, -0.05) is 20.8 Å². The summed E-state index contributed by atoms with van der Waals surface area (Å²) in [6.45, 7) is 6.74. The number of nitrogens with zero attached hydrogens (tertiary/aromatic N) is 2. The van der Waals surface area contributed by atoms with Gasteiger partial charge in [0.1, 0.15) is 10.7 Å². The van der Waals surface area contributed by atoms with E-state index in [2.05, 4.69) is 18.8 Å². The lowest BCUT2D eigenvalue weighted by molar-refractivity contribution is -0.138. The zero-order chi connectivity index (χ0) is 16.0. The molecule has 0 saturated heterocycles. The second-order valence-electron chi connectivity index (χ2n) is 6.24. The molecule has 1 N–H and O–H groups in total. The number of carboxylic acid groups (broad SMARTS) is 1. The number of carbonyl (C=O) groups is 1. The number of aryl methyl sites for hydroxylation is 2. The summed E-state index contributed by atoms with van der Waals surface area (Å²) in [4.78, 5) is 30.8. The average molecular weight is 320 g/mol. The largest absolute Gasteiger partial charge is 0.481 e. The zero-order valence-electron chi connectivity index (χ0n) is 13.0. The summed E-state index contributed by atoms with van der Waals surface area (Å²) < 4.78 is 1.73. The van der Waals surface area contributed by atoms with Gasteiger partial charge in [0.25, 0.3) is 5.56 Å². The Morgan fingerprint density at radius 1 is 1.50 bits per heavy atom. The second kappa shape index (κ2) is 5.50. The number of carboxylic acids is 1. The first-order chi connectivity index (χ1) is 10.4. The maximum atomic E-state index is 13.0. The lowest BCUT2D eigenvalue weighted by Crippen LogP contribution is -2.27. The molecule has 1 unspecified atom stereocenters. The van der Waals surface area contributed by atoms with Crippen LogP contribution >= 0.6 is 11.3 Å². The minimum absolute atomic E-state index is 0.0683. The molecule has 0 aromatic carbocycles. The van der Waals surface area contributed by atoms with Crippen LogP contribution < -0.4 is 5.56 Å². The normalized spacial score (nSPS) is 17.4. The van der Waals surface area contributed by atoms with Gasteiger partial charge in [-0.2, -0.15) is 0 Å². The molecular formula is C16H20N2O3S. The Morgan fingerprint density at radius 3 is 2.82 bits per heavy atom. The van der Waals surface area contributed by atoms with Crippen LogP contribution in [-0.4, -0.2) is 20.6 Å². The molecule has 2 aromatic heterocycles. The number of hydrogen-bond acceptors (Lipinski definition) is 4. The Morgan fingerprint density at radius 2 is 2.23 bits per heavy atom. The van der Waals surface area contributed by atoms with Crippen LogP contribution in [0.25, 0.3) is 10.2 Å². The molecule has 1 atom stereocenters. The Bertz CT molecular complexity index is 804. The monoisotopic (exact) mass is 320 g/mol. The molecule has 22 heavy (non-hydrogen) atoms. The van der Waals surface area contributed by atoms with Crippen molar-refractivity contribution in [3.8, 4) is 0 Å². The van der Waals surface area contributed by atoms with Crippen molar-refractivity contribution in [3.05, 3.63) is 26.6 Å². The van der Waals surface area contributed by atoms with Gasteiger partial charge in [-0.3, -0.25) is 14.2 Å². The lowest BCUT2D eigenvalue weighted by Gasteiger charge is -2.14. The van der Waals surface area contributed by atoms with Crippen LogP contribution in [0, 0.1) is 5.92 Å². The quantitative estimate of drug-likeness (QED) is 0.940. The van der Waals surface area contributed by atoms with Crippen molar-refractivity contribution in [2.75, 3.05) is 0 Å². The van der Waals surface area contributed by atoms with E-state index < -0.39 is 11.9 Å². The second-order valence-corrected chi connectivity index (χ2v) is 7.32. The standard InChI is InChI=1S/C16H20N2O3S/c1-4-11-17-14-13(15(19)18(11)7-8(2)3)12-9(16(20)21)5-6-10(12)22-14/h8-9H,4-7H2,1-3H3,(H,20,21). The molecule has 0 spiro atoms. The van der Waals surface area contributed by atoms with Gasteiger partial charge in [-0.15, -0.1) is 11.3 Å². The van der Waals surface area contributed by atoms with Gasteiger partial charge in [0, 0.05) is 17.8 Å². The molecule has 0 aliphatic heterocycles. The first-order valence-corrected chi connectivity index (χ1v) is 8.53. The van der Waals surface area contributed by atoms with E-state index in [1.54, 1.807) is 4.57 Å². The molecule has 2 aromatic rings. The molecule has 0 saturated carbocycles. The third-order valence-electron chi connectivity index (χ3n) is 4.18. The molecule has 0 bridgehead atoms. The number of fused-ring (bicyclic) bond motifs is 3. The zero-order valence-corrected chi connectivity index (χ0v) is 13.9. The van der Waals surface area contributed by atoms with Crippen LogP contribution in [-0.2, 0) is 24.2 Å². The van der Waals surface area contributed by atoms with Crippen molar-refractivity contribution in [1.29, 1.82) is 0 Å². The number of thiophene rings is 1. The van der Waals surface area contributed by atoms with Crippen LogP contribution in [0.4, 0.5) is 0 Å². The first-order valence-electron chi connectivity index (χ1n) is 7.71. The van der Waals surface area contributed by atoms with Crippen LogP contribution in [0.1, 0.15) is 49.4 Å². The highest BCUT2D eigenvalue weighted by atomic mass is 32.1. The van der Waals surface area contributed by atoms with Crippen molar-refractivity contribution < 1.29 is 9.90 Å². The molecule has 5 nitrogen and oxygen atoms in total. The molecule has 0 radical (unpaired) electrons. The molecule has 0 fully saturated rings. The van der Waals surface area contributed by atoms with E-state index in [1.807, 2.05) is 6.92 Å². The van der Waals surface area contributed by atoms with E-state index in [0.29, 0.717) is 35.5 Å². The summed E-state index contributed by atoms with van der Waals surface area (Å²) in [6.07, 6.45) is 2.02. The SMILES string of the molecule is CCc1nc2sc3c(c2c(=O)n1CC(C)C)C(C(=O)O)CC3. The summed E-state index contributed by atoms with van der Waals surface area (Å²) in [6, 6.07) is 0.